The molecule has 0 aromatic rings. The molecule has 0 rings (SSSR count). The molecule has 0 heterocycles. The minimum Gasteiger partial charge on any atom is -0.852 e. The van der Waals surface area contributed by atoms with Gasteiger partial charge in [-0.05, 0) is 13.8 Å². The van der Waals surface area contributed by atoms with Crippen molar-refractivity contribution in [1.29, 1.82) is 0 Å². The molecule has 0 bridgehead atoms. The molecule has 0 aliphatic rings. The average Bonchev–Trinajstić information content (AvgIpc) is 1.94. The van der Waals surface area contributed by atoms with E-state index in [1.165, 1.54) is 0 Å². The van der Waals surface area contributed by atoms with Crippen molar-refractivity contribution in [3.05, 3.63) is 0 Å². The molecule has 0 unspecified atom stereocenters. The van der Waals surface area contributed by atoms with Crippen molar-refractivity contribution < 1.29 is 51.4 Å². The summed E-state index contributed by atoms with van der Waals surface area (Å²) in [5, 5.41) is 46.2. The molecule has 0 atom stereocenters. The molecule has 0 amide bonds. The van der Waals surface area contributed by atoms with Gasteiger partial charge in [0.25, 0.3) is 0 Å². The van der Waals surface area contributed by atoms with E-state index < -0.39 is 24.4 Å². The Bertz CT molecular complexity index is 80.6. The zero-order valence-corrected chi connectivity index (χ0v) is 19.1. The maximum absolute atomic E-state index is 9.53. The van der Waals surface area contributed by atoms with Crippen molar-refractivity contribution in [2.45, 2.75) is 99.8 Å². The van der Waals surface area contributed by atoms with Crippen LogP contribution in [-0.2, 0) is 25.8 Å². The predicted molar refractivity (Wildman–Crippen MR) is 77.9 cm³/mol. The predicted octanol–water partition coefficient (Wildman–Crippen LogP) is -0.595. The zero-order chi connectivity index (χ0) is 17.9. The molecular formula is C15H36HfO5. The molecule has 1 N–H and O–H groups in total. The minimum atomic E-state index is -0.417. The first-order chi connectivity index (χ1) is 8.66. The molecule has 0 fully saturated rings. The van der Waals surface area contributed by atoms with Gasteiger partial charge in [-0.25, -0.2) is 0 Å². The fourth-order valence-corrected chi connectivity index (χ4v) is 0. The van der Waals surface area contributed by atoms with Gasteiger partial charge in [-0.1, -0.05) is 55.4 Å². The minimum absolute atomic E-state index is 0. The molecule has 0 aromatic carbocycles. The van der Waals surface area contributed by atoms with Gasteiger partial charge in [-0.15, -0.1) is 24.4 Å². The summed E-state index contributed by atoms with van der Waals surface area (Å²) < 4.78 is 0. The summed E-state index contributed by atoms with van der Waals surface area (Å²) in [5.41, 5.74) is 0. The van der Waals surface area contributed by atoms with Crippen LogP contribution >= 0.6 is 0 Å². The molecule has 0 saturated heterocycles. The molecule has 0 spiro atoms. The normalized spacial score (nSPS) is 8.57. The van der Waals surface area contributed by atoms with Crippen molar-refractivity contribution in [2.75, 3.05) is 0 Å². The van der Waals surface area contributed by atoms with Gasteiger partial charge in [0.05, 0.1) is 0 Å². The fourth-order valence-electron chi connectivity index (χ4n) is 0. The summed E-state index contributed by atoms with van der Waals surface area (Å²) >= 11 is 0. The van der Waals surface area contributed by atoms with Crippen LogP contribution in [0.5, 0.6) is 0 Å². The smallest absolute Gasteiger partial charge is 0.852 e. The van der Waals surface area contributed by atoms with E-state index in [1.807, 2.05) is 0 Å². The standard InChI is InChI=1S/C3H8O.4C3H7O.Hf/c5*1-3(2)4;/h3-4H,1-2H3;4*3H,1-2H3;/q;4*-1;+4. The number of hydrogen-bond acceptors (Lipinski definition) is 5. The van der Waals surface area contributed by atoms with Crippen molar-refractivity contribution in [2.24, 2.45) is 0 Å². The van der Waals surface area contributed by atoms with E-state index in [-0.39, 0.29) is 31.9 Å². The number of hydrogen-bond donors (Lipinski definition) is 1. The Kier molecular flexibility index (Phi) is 58.5. The first-order valence-corrected chi connectivity index (χ1v) is 6.97. The van der Waals surface area contributed by atoms with Crippen LogP contribution in [0.3, 0.4) is 0 Å². The van der Waals surface area contributed by atoms with E-state index in [2.05, 4.69) is 0 Å². The Morgan fingerprint density at radius 2 is 0.476 bits per heavy atom. The van der Waals surface area contributed by atoms with E-state index in [1.54, 1.807) is 69.2 Å². The second kappa shape index (κ2) is 32.6. The second-order valence-electron chi connectivity index (χ2n) is 5.29. The van der Waals surface area contributed by atoms with Crippen LogP contribution in [0.15, 0.2) is 0 Å². The van der Waals surface area contributed by atoms with Crippen molar-refractivity contribution in [3.63, 3.8) is 0 Å². The van der Waals surface area contributed by atoms with E-state index in [0.717, 1.165) is 0 Å². The Labute approximate surface area is 151 Å². The van der Waals surface area contributed by atoms with Crippen LogP contribution in [0.2, 0.25) is 0 Å². The van der Waals surface area contributed by atoms with Gasteiger partial charge in [-0.3, -0.25) is 0 Å². The molecule has 0 aromatic heterocycles. The summed E-state index contributed by atoms with van der Waals surface area (Å²) in [6, 6.07) is 0. The Hall–Kier alpha value is 0.670. The summed E-state index contributed by atoms with van der Waals surface area (Å²) in [5.74, 6) is 0. The summed E-state index contributed by atoms with van der Waals surface area (Å²) in [6.07, 6.45) is -1.83. The van der Waals surface area contributed by atoms with Crippen LogP contribution in [0.4, 0.5) is 0 Å². The SMILES string of the molecule is CC(C)O.CC(C)[O-].CC(C)[O-].CC(C)[O-].CC(C)[O-].[Hf+4]. The molecule has 0 saturated carbocycles. The van der Waals surface area contributed by atoms with Crippen LogP contribution in [0.25, 0.3) is 0 Å². The van der Waals surface area contributed by atoms with E-state index in [4.69, 9.17) is 5.11 Å². The Morgan fingerprint density at radius 3 is 0.476 bits per heavy atom. The first kappa shape index (κ1) is 37.7. The van der Waals surface area contributed by atoms with Crippen molar-refractivity contribution in [1.82, 2.24) is 0 Å². The van der Waals surface area contributed by atoms with Gasteiger partial charge < -0.3 is 25.5 Å². The number of aliphatic hydroxyl groups excluding tert-OH is 1. The molecule has 0 radical (unpaired) electrons. The summed E-state index contributed by atoms with van der Waals surface area (Å²) in [6.45, 7) is 16.3. The molecular weight excluding hydrogens is 439 g/mol. The zero-order valence-electron chi connectivity index (χ0n) is 15.5. The Morgan fingerprint density at radius 1 is 0.476 bits per heavy atom. The van der Waals surface area contributed by atoms with Gasteiger partial charge in [0.2, 0.25) is 0 Å². The van der Waals surface area contributed by atoms with Crippen molar-refractivity contribution in [3.8, 4) is 0 Å². The largest absolute Gasteiger partial charge is 4.00 e. The van der Waals surface area contributed by atoms with Gasteiger partial charge >= 0.3 is 25.8 Å². The molecule has 6 heteroatoms. The van der Waals surface area contributed by atoms with Crippen LogP contribution < -0.4 is 20.4 Å². The first-order valence-electron chi connectivity index (χ1n) is 6.97. The summed E-state index contributed by atoms with van der Waals surface area (Å²) in [4.78, 5) is 0. The fraction of sp³-hybridized carbons (Fsp3) is 1.00. The number of rotatable bonds is 0. The maximum Gasteiger partial charge on any atom is 4.00 e. The van der Waals surface area contributed by atoms with Crippen LogP contribution in [0, 0.1) is 0 Å². The van der Waals surface area contributed by atoms with Gasteiger partial charge in [0, 0.05) is 6.10 Å². The maximum atomic E-state index is 9.53. The van der Waals surface area contributed by atoms with Gasteiger partial charge in [0.1, 0.15) is 0 Å². The van der Waals surface area contributed by atoms with Crippen LogP contribution in [0.1, 0.15) is 69.2 Å². The molecule has 21 heavy (non-hydrogen) atoms. The number of aliphatic hydroxyl groups is 1. The monoisotopic (exact) mass is 476 g/mol. The molecule has 5 nitrogen and oxygen atoms in total. The molecule has 0 aliphatic carbocycles. The average molecular weight is 475 g/mol. The third-order valence-corrected chi connectivity index (χ3v) is 0. The van der Waals surface area contributed by atoms with E-state index in [9.17, 15) is 20.4 Å². The summed E-state index contributed by atoms with van der Waals surface area (Å²) in [7, 11) is 0. The van der Waals surface area contributed by atoms with Crippen molar-refractivity contribution >= 4 is 0 Å². The van der Waals surface area contributed by atoms with E-state index in [0.29, 0.717) is 0 Å². The topological polar surface area (TPSA) is 112 Å². The second-order valence-corrected chi connectivity index (χ2v) is 5.29. The quantitative estimate of drug-likeness (QED) is 0.471. The van der Waals surface area contributed by atoms with Crippen LogP contribution in [-0.4, -0.2) is 35.6 Å². The third kappa shape index (κ3) is 16000. The molecule has 0 aliphatic heterocycles. The van der Waals surface area contributed by atoms with E-state index >= 15 is 0 Å². The third-order valence-electron chi connectivity index (χ3n) is 0. The van der Waals surface area contributed by atoms with Gasteiger partial charge in [-0.2, -0.15) is 0 Å². The molecule has 130 valence electrons. The van der Waals surface area contributed by atoms with Gasteiger partial charge in [0.15, 0.2) is 0 Å². The Balaban J connectivity index is -0.0000000331.